The Morgan fingerprint density at radius 2 is 1.68 bits per heavy atom. The lowest BCUT2D eigenvalue weighted by molar-refractivity contribution is -0.134. The molecule has 0 saturated carbocycles. The molecule has 2 aromatic heterocycles. The van der Waals surface area contributed by atoms with Gasteiger partial charge in [-0.25, -0.2) is 13.8 Å². The van der Waals surface area contributed by atoms with Crippen LogP contribution in [0.25, 0.3) is 27.9 Å². The van der Waals surface area contributed by atoms with Crippen molar-refractivity contribution in [3.63, 3.8) is 0 Å². The van der Waals surface area contributed by atoms with Crippen molar-refractivity contribution >= 4 is 28.4 Å². The monoisotopic (exact) mass is 418 g/mol. The molecule has 7 nitrogen and oxygen atoms in total. The van der Waals surface area contributed by atoms with Gasteiger partial charge >= 0.3 is 0 Å². The predicted molar refractivity (Wildman–Crippen MR) is 117 cm³/mol. The molecule has 1 fully saturated rings. The van der Waals surface area contributed by atoms with Crippen molar-refractivity contribution in [1.29, 1.82) is 0 Å². The Labute approximate surface area is 179 Å². The molecule has 0 N–H and O–H groups in total. The maximum absolute atomic E-state index is 14.6. The van der Waals surface area contributed by atoms with E-state index in [0.717, 1.165) is 10.9 Å². The second kappa shape index (κ2) is 7.61. The van der Waals surface area contributed by atoms with Crippen LogP contribution in [0.1, 0.15) is 13.8 Å². The predicted octanol–water partition coefficient (Wildman–Crippen LogP) is 3.39. The fourth-order valence-corrected chi connectivity index (χ4v) is 4.09. The second-order valence-electron chi connectivity index (χ2n) is 8.06. The molecule has 5 rings (SSSR count). The Morgan fingerprint density at radius 1 is 0.968 bits per heavy atom. The number of carbonyl (C=O) groups excluding carboxylic acids is 1. The third-order valence-corrected chi connectivity index (χ3v) is 5.71. The van der Waals surface area contributed by atoms with E-state index in [1.165, 1.54) is 6.07 Å². The second-order valence-corrected chi connectivity index (χ2v) is 8.06. The Bertz CT molecular complexity index is 1280. The first-order valence-electron chi connectivity index (χ1n) is 10.5. The Morgan fingerprint density at radius 3 is 2.42 bits per heavy atom. The zero-order chi connectivity index (χ0) is 21.5. The molecule has 0 atom stereocenters. The molecule has 0 bridgehead atoms. The minimum Gasteiger partial charge on any atom is -0.339 e. The van der Waals surface area contributed by atoms with Gasteiger partial charge in [-0.3, -0.25) is 4.79 Å². The summed E-state index contributed by atoms with van der Waals surface area (Å²) in [6, 6.07) is 14.3. The third kappa shape index (κ3) is 3.28. The molecule has 0 spiro atoms. The van der Waals surface area contributed by atoms with Crippen LogP contribution >= 0.6 is 0 Å². The minimum absolute atomic E-state index is 0.0254. The van der Waals surface area contributed by atoms with E-state index in [9.17, 15) is 9.18 Å². The van der Waals surface area contributed by atoms with Gasteiger partial charge in [0.1, 0.15) is 5.82 Å². The van der Waals surface area contributed by atoms with Crippen molar-refractivity contribution in [2.24, 2.45) is 5.92 Å². The van der Waals surface area contributed by atoms with Crippen LogP contribution in [0, 0.1) is 11.7 Å². The van der Waals surface area contributed by atoms with E-state index in [2.05, 4.69) is 15.1 Å². The van der Waals surface area contributed by atoms with Gasteiger partial charge in [0.25, 0.3) is 0 Å². The lowest BCUT2D eigenvalue weighted by Crippen LogP contribution is -2.50. The van der Waals surface area contributed by atoms with Crippen LogP contribution < -0.4 is 4.90 Å². The SMILES string of the molecule is CC(C)C(=O)N1CCN(c2nc3ccccc3c3nnc(-c4ccccc4F)n23)CC1. The van der Waals surface area contributed by atoms with Crippen molar-refractivity contribution in [2.45, 2.75) is 13.8 Å². The van der Waals surface area contributed by atoms with Crippen LogP contribution in [0.4, 0.5) is 10.3 Å². The first-order valence-corrected chi connectivity index (χ1v) is 10.5. The van der Waals surface area contributed by atoms with Crippen molar-refractivity contribution in [3.8, 4) is 11.4 Å². The van der Waals surface area contributed by atoms with Gasteiger partial charge in [-0.15, -0.1) is 10.2 Å². The molecule has 4 aromatic rings. The number of halogens is 1. The largest absolute Gasteiger partial charge is 0.339 e. The van der Waals surface area contributed by atoms with Gasteiger partial charge in [0, 0.05) is 37.5 Å². The van der Waals surface area contributed by atoms with E-state index < -0.39 is 0 Å². The summed E-state index contributed by atoms with van der Waals surface area (Å²) < 4.78 is 16.5. The number of aromatic nitrogens is 4. The molecule has 1 amide bonds. The average Bonchev–Trinajstić information content (AvgIpc) is 3.24. The number of para-hydroxylation sites is 1. The standard InChI is InChI=1S/C23H23FN6O/c1-15(2)22(31)28-11-13-29(14-12-28)23-25-19-10-6-4-8-17(19)21-27-26-20(30(21)23)16-7-3-5-9-18(16)24/h3-10,15H,11-14H2,1-2H3. The molecule has 8 heteroatoms. The zero-order valence-electron chi connectivity index (χ0n) is 17.5. The molecule has 1 aliphatic rings. The molecular formula is C23H23FN6O. The summed E-state index contributed by atoms with van der Waals surface area (Å²) >= 11 is 0. The van der Waals surface area contributed by atoms with Crippen molar-refractivity contribution in [2.75, 3.05) is 31.1 Å². The Balaban J connectivity index is 1.64. The van der Waals surface area contributed by atoms with Gasteiger partial charge in [-0.2, -0.15) is 0 Å². The van der Waals surface area contributed by atoms with Gasteiger partial charge in [0.15, 0.2) is 11.5 Å². The molecule has 1 aliphatic heterocycles. The average molecular weight is 418 g/mol. The number of fused-ring (bicyclic) bond motifs is 3. The van der Waals surface area contributed by atoms with E-state index in [4.69, 9.17) is 4.98 Å². The number of anilines is 1. The Hall–Kier alpha value is -3.55. The molecule has 31 heavy (non-hydrogen) atoms. The summed E-state index contributed by atoms with van der Waals surface area (Å²) in [7, 11) is 0. The lowest BCUT2D eigenvalue weighted by atomic mass is 10.1. The van der Waals surface area contributed by atoms with E-state index in [1.807, 2.05) is 47.4 Å². The molecular weight excluding hydrogens is 395 g/mol. The summed E-state index contributed by atoms with van der Waals surface area (Å²) in [4.78, 5) is 21.3. The fraction of sp³-hybridized carbons (Fsp3) is 0.304. The molecule has 3 heterocycles. The quantitative estimate of drug-likeness (QED) is 0.510. The third-order valence-electron chi connectivity index (χ3n) is 5.71. The van der Waals surface area contributed by atoms with Gasteiger partial charge in [-0.05, 0) is 24.3 Å². The van der Waals surface area contributed by atoms with E-state index in [-0.39, 0.29) is 17.6 Å². The van der Waals surface area contributed by atoms with Crippen LogP contribution in [0.15, 0.2) is 48.5 Å². The summed E-state index contributed by atoms with van der Waals surface area (Å²) in [6.45, 7) is 6.33. The number of rotatable bonds is 3. The first kappa shape index (κ1) is 19.4. The number of nitrogens with zero attached hydrogens (tertiary/aromatic N) is 6. The summed E-state index contributed by atoms with van der Waals surface area (Å²) in [5, 5.41) is 9.60. The topological polar surface area (TPSA) is 66.6 Å². The number of piperazine rings is 1. The Kier molecular flexibility index (Phi) is 4.77. The molecule has 0 aliphatic carbocycles. The highest BCUT2D eigenvalue weighted by Crippen LogP contribution is 2.30. The number of hydrogen-bond acceptors (Lipinski definition) is 5. The van der Waals surface area contributed by atoms with Crippen LogP contribution in [0.2, 0.25) is 0 Å². The highest BCUT2D eigenvalue weighted by molar-refractivity contribution is 5.93. The van der Waals surface area contributed by atoms with E-state index in [0.29, 0.717) is 49.2 Å². The first-order chi connectivity index (χ1) is 15.0. The summed E-state index contributed by atoms with van der Waals surface area (Å²) in [5.74, 6) is 0.856. The maximum Gasteiger partial charge on any atom is 0.225 e. The number of hydrogen-bond donors (Lipinski definition) is 0. The zero-order valence-corrected chi connectivity index (χ0v) is 17.5. The number of amides is 1. The maximum atomic E-state index is 14.6. The van der Waals surface area contributed by atoms with Crippen molar-refractivity contribution < 1.29 is 9.18 Å². The van der Waals surface area contributed by atoms with Crippen molar-refractivity contribution in [1.82, 2.24) is 24.5 Å². The van der Waals surface area contributed by atoms with Gasteiger partial charge in [-0.1, -0.05) is 38.1 Å². The minimum atomic E-state index is -0.358. The smallest absolute Gasteiger partial charge is 0.225 e. The lowest BCUT2D eigenvalue weighted by Gasteiger charge is -2.36. The number of benzene rings is 2. The van der Waals surface area contributed by atoms with Crippen molar-refractivity contribution in [3.05, 3.63) is 54.3 Å². The van der Waals surface area contributed by atoms with Crippen LogP contribution in [0.5, 0.6) is 0 Å². The number of carbonyl (C=O) groups is 1. The van der Waals surface area contributed by atoms with E-state index in [1.54, 1.807) is 18.2 Å². The van der Waals surface area contributed by atoms with Crippen LogP contribution in [-0.4, -0.2) is 56.6 Å². The van der Waals surface area contributed by atoms with E-state index >= 15 is 0 Å². The molecule has 158 valence electrons. The summed E-state index contributed by atoms with van der Waals surface area (Å²) in [6.07, 6.45) is 0. The van der Waals surface area contributed by atoms with Gasteiger partial charge in [0.2, 0.25) is 11.9 Å². The molecule has 1 saturated heterocycles. The van der Waals surface area contributed by atoms with Crippen LogP contribution in [0.3, 0.4) is 0 Å². The van der Waals surface area contributed by atoms with Gasteiger partial charge < -0.3 is 9.80 Å². The normalized spacial score (nSPS) is 14.7. The highest BCUT2D eigenvalue weighted by atomic mass is 19.1. The highest BCUT2D eigenvalue weighted by Gasteiger charge is 2.27. The summed E-state index contributed by atoms with van der Waals surface area (Å²) in [5.41, 5.74) is 1.82. The fourth-order valence-electron chi connectivity index (χ4n) is 4.09. The van der Waals surface area contributed by atoms with Gasteiger partial charge in [0.05, 0.1) is 11.1 Å². The molecule has 0 unspecified atom stereocenters. The molecule has 2 aromatic carbocycles. The molecule has 0 radical (unpaired) electrons. The van der Waals surface area contributed by atoms with Crippen LogP contribution in [-0.2, 0) is 4.79 Å².